The van der Waals surface area contributed by atoms with Gasteiger partial charge in [-0.05, 0) is 17.8 Å². The largest absolute Gasteiger partial charge is 0.344 e. The Morgan fingerprint density at radius 3 is 2.48 bits per heavy atom. The zero-order valence-electron chi connectivity index (χ0n) is 12.9. The van der Waals surface area contributed by atoms with Crippen LogP contribution in [0.3, 0.4) is 0 Å². The summed E-state index contributed by atoms with van der Waals surface area (Å²) in [5.41, 5.74) is -0.364. The highest BCUT2D eigenvalue weighted by molar-refractivity contribution is 7.91. The van der Waals surface area contributed by atoms with Gasteiger partial charge in [-0.3, -0.25) is 9.59 Å². The van der Waals surface area contributed by atoms with Gasteiger partial charge in [0.15, 0.2) is 9.84 Å². The summed E-state index contributed by atoms with van der Waals surface area (Å²) in [6, 6.07) is -0.550. The lowest BCUT2D eigenvalue weighted by molar-refractivity contribution is -0.136. The van der Waals surface area contributed by atoms with Gasteiger partial charge in [-0.1, -0.05) is 20.8 Å². The van der Waals surface area contributed by atoms with E-state index in [1.807, 2.05) is 20.8 Å². The first-order chi connectivity index (χ1) is 9.58. The summed E-state index contributed by atoms with van der Waals surface area (Å²) in [4.78, 5) is 26.1. The fourth-order valence-electron chi connectivity index (χ4n) is 2.92. The molecule has 0 saturated carbocycles. The Bertz CT molecular complexity index is 536. The van der Waals surface area contributed by atoms with Gasteiger partial charge in [0.25, 0.3) is 0 Å². The average Bonchev–Trinajstić information content (AvgIpc) is 2.61. The molecule has 2 fully saturated rings. The minimum atomic E-state index is -2.95. The molecule has 0 aromatic carbocycles. The first-order valence-corrected chi connectivity index (χ1v) is 9.19. The maximum absolute atomic E-state index is 12.6. The lowest BCUT2D eigenvalue weighted by Crippen LogP contribution is -2.52. The Morgan fingerprint density at radius 1 is 1.29 bits per heavy atom. The van der Waals surface area contributed by atoms with E-state index >= 15 is 0 Å². The summed E-state index contributed by atoms with van der Waals surface area (Å²) in [6.45, 7) is 6.55. The summed E-state index contributed by atoms with van der Waals surface area (Å²) in [6.07, 6.45) is 0.880. The number of sulfone groups is 1. The van der Waals surface area contributed by atoms with Crippen molar-refractivity contribution in [2.45, 2.75) is 39.7 Å². The number of nitrogens with one attached hydrogen (secondary N) is 1. The minimum Gasteiger partial charge on any atom is -0.344 e. The molecule has 6 nitrogen and oxygen atoms in total. The molecule has 21 heavy (non-hydrogen) atoms. The molecule has 7 heteroatoms. The van der Waals surface area contributed by atoms with Gasteiger partial charge in [-0.15, -0.1) is 0 Å². The van der Waals surface area contributed by atoms with Crippen molar-refractivity contribution in [2.75, 3.05) is 24.6 Å². The SMILES string of the molecule is CC(C)(C)C1NC(=O)CCN(CC2CCS(=O)(=O)C2)C1=O. The summed E-state index contributed by atoms with van der Waals surface area (Å²) in [7, 11) is -2.95. The van der Waals surface area contributed by atoms with Crippen molar-refractivity contribution in [3.8, 4) is 0 Å². The average molecular weight is 316 g/mol. The monoisotopic (exact) mass is 316 g/mol. The Hall–Kier alpha value is -1.11. The molecule has 2 saturated heterocycles. The molecule has 0 aliphatic carbocycles. The van der Waals surface area contributed by atoms with Crippen LogP contribution >= 0.6 is 0 Å². The Morgan fingerprint density at radius 2 is 1.95 bits per heavy atom. The van der Waals surface area contributed by atoms with E-state index in [9.17, 15) is 18.0 Å². The predicted octanol–water partition coefficient (Wildman–Crippen LogP) is 0.184. The van der Waals surface area contributed by atoms with Crippen LogP contribution in [-0.4, -0.2) is 55.8 Å². The number of hydrogen-bond acceptors (Lipinski definition) is 4. The highest BCUT2D eigenvalue weighted by Gasteiger charge is 2.39. The van der Waals surface area contributed by atoms with Gasteiger partial charge in [-0.25, -0.2) is 8.42 Å². The van der Waals surface area contributed by atoms with E-state index < -0.39 is 15.9 Å². The normalized spacial score (nSPS) is 30.1. The fourth-order valence-corrected chi connectivity index (χ4v) is 4.77. The van der Waals surface area contributed by atoms with Gasteiger partial charge in [0, 0.05) is 19.5 Å². The first kappa shape index (κ1) is 16.3. The first-order valence-electron chi connectivity index (χ1n) is 7.37. The van der Waals surface area contributed by atoms with E-state index in [4.69, 9.17) is 0 Å². The standard InChI is InChI=1S/C14H24N2O4S/c1-14(2,3)12-13(18)16(6-4-11(17)15-12)8-10-5-7-21(19,20)9-10/h10,12H,4-9H2,1-3H3,(H,15,17). The molecule has 0 radical (unpaired) electrons. The second-order valence-electron chi connectivity index (χ2n) is 7.17. The van der Waals surface area contributed by atoms with Crippen molar-refractivity contribution < 1.29 is 18.0 Å². The molecule has 120 valence electrons. The zero-order chi connectivity index (χ0) is 15.8. The van der Waals surface area contributed by atoms with Crippen molar-refractivity contribution in [2.24, 2.45) is 11.3 Å². The van der Waals surface area contributed by atoms with Crippen molar-refractivity contribution in [1.29, 1.82) is 0 Å². The number of rotatable bonds is 2. The highest BCUT2D eigenvalue weighted by atomic mass is 32.2. The number of carbonyl (C=O) groups is 2. The summed E-state index contributed by atoms with van der Waals surface area (Å²) in [5.74, 6) is 0.132. The molecule has 2 aliphatic heterocycles. The zero-order valence-corrected chi connectivity index (χ0v) is 13.7. The van der Waals surface area contributed by atoms with Crippen LogP contribution in [0.4, 0.5) is 0 Å². The van der Waals surface area contributed by atoms with Crippen molar-refractivity contribution >= 4 is 21.7 Å². The van der Waals surface area contributed by atoms with Crippen LogP contribution < -0.4 is 5.32 Å². The molecule has 2 aliphatic rings. The molecule has 2 unspecified atom stereocenters. The Labute approximate surface area is 126 Å². The van der Waals surface area contributed by atoms with Gasteiger partial charge >= 0.3 is 0 Å². The molecule has 0 bridgehead atoms. The molecule has 2 heterocycles. The van der Waals surface area contributed by atoms with Crippen molar-refractivity contribution in [3.63, 3.8) is 0 Å². The smallest absolute Gasteiger partial charge is 0.245 e. The van der Waals surface area contributed by atoms with Crippen molar-refractivity contribution in [1.82, 2.24) is 10.2 Å². The topological polar surface area (TPSA) is 83.6 Å². The van der Waals surface area contributed by atoms with Crippen LogP contribution in [-0.2, 0) is 19.4 Å². The summed E-state index contributed by atoms with van der Waals surface area (Å²) < 4.78 is 23.1. The quantitative estimate of drug-likeness (QED) is 0.788. The van der Waals surface area contributed by atoms with E-state index in [0.29, 0.717) is 19.5 Å². The lowest BCUT2D eigenvalue weighted by Gasteiger charge is -2.33. The maximum Gasteiger partial charge on any atom is 0.245 e. The van der Waals surface area contributed by atoms with Crippen LogP contribution in [0.25, 0.3) is 0 Å². The van der Waals surface area contributed by atoms with Gasteiger partial charge < -0.3 is 10.2 Å². The number of nitrogens with zero attached hydrogens (tertiary/aromatic N) is 1. The van der Waals surface area contributed by atoms with Crippen LogP contribution in [0.1, 0.15) is 33.6 Å². The van der Waals surface area contributed by atoms with E-state index in [-0.39, 0.29) is 41.1 Å². The molecule has 0 aromatic rings. The third-order valence-electron chi connectivity index (χ3n) is 4.14. The highest BCUT2D eigenvalue weighted by Crippen LogP contribution is 2.25. The number of carbonyl (C=O) groups excluding carboxylic acids is 2. The molecule has 2 amide bonds. The van der Waals surface area contributed by atoms with Gasteiger partial charge in [-0.2, -0.15) is 0 Å². The second kappa shape index (κ2) is 5.59. The predicted molar refractivity (Wildman–Crippen MR) is 79.3 cm³/mol. The molecule has 1 N–H and O–H groups in total. The third-order valence-corrected chi connectivity index (χ3v) is 5.98. The summed E-state index contributed by atoms with van der Waals surface area (Å²) in [5, 5.41) is 2.79. The fraction of sp³-hybridized carbons (Fsp3) is 0.857. The van der Waals surface area contributed by atoms with E-state index in [1.165, 1.54) is 0 Å². The molecule has 0 spiro atoms. The maximum atomic E-state index is 12.6. The van der Waals surface area contributed by atoms with Gasteiger partial charge in [0.1, 0.15) is 6.04 Å². The van der Waals surface area contributed by atoms with E-state index in [2.05, 4.69) is 5.32 Å². The summed E-state index contributed by atoms with van der Waals surface area (Å²) >= 11 is 0. The van der Waals surface area contributed by atoms with Crippen molar-refractivity contribution in [3.05, 3.63) is 0 Å². The molecule has 2 rings (SSSR count). The number of amides is 2. The second-order valence-corrected chi connectivity index (χ2v) is 9.40. The molecule has 0 aromatic heterocycles. The van der Waals surface area contributed by atoms with Crippen LogP contribution in [0.15, 0.2) is 0 Å². The van der Waals surface area contributed by atoms with Crippen LogP contribution in [0.5, 0.6) is 0 Å². The Kier molecular flexibility index (Phi) is 4.33. The third kappa shape index (κ3) is 3.96. The van der Waals surface area contributed by atoms with Gasteiger partial charge in [0.2, 0.25) is 11.8 Å². The van der Waals surface area contributed by atoms with Crippen LogP contribution in [0, 0.1) is 11.3 Å². The minimum absolute atomic E-state index is 0.00669. The lowest BCUT2D eigenvalue weighted by atomic mass is 9.86. The van der Waals surface area contributed by atoms with Gasteiger partial charge in [0.05, 0.1) is 11.5 Å². The molecular formula is C14H24N2O4S. The van der Waals surface area contributed by atoms with E-state index in [1.54, 1.807) is 4.90 Å². The molecular weight excluding hydrogens is 292 g/mol. The molecule has 2 atom stereocenters. The van der Waals surface area contributed by atoms with E-state index in [0.717, 1.165) is 0 Å². The number of hydrogen-bond donors (Lipinski definition) is 1. The van der Waals surface area contributed by atoms with Crippen LogP contribution in [0.2, 0.25) is 0 Å². The Balaban J connectivity index is 2.11.